The topological polar surface area (TPSA) is 43.8 Å². The van der Waals surface area contributed by atoms with Crippen LogP contribution in [-0.4, -0.2) is 57.5 Å². The molecule has 1 unspecified atom stereocenters. The highest BCUT2D eigenvalue weighted by atomic mass is 33.1. The molecule has 1 saturated heterocycles. The van der Waals surface area contributed by atoms with E-state index in [0.29, 0.717) is 6.42 Å². The monoisotopic (exact) mass is 306 g/mol. The first-order valence-electron chi connectivity index (χ1n) is 6.79. The van der Waals surface area contributed by atoms with Crippen LogP contribution in [0.15, 0.2) is 0 Å². The van der Waals surface area contributed by atoms with Crippen LogP contribution in [0.2, 0.25) is 0 Å². The molecule has 0 radical (unpaired) electrons. The number of hydrogen-bond donors (Lipinski definition) is 2. The standard InChI is InChI=1S/C13H26N2O2S2/c1-5-13(4,17)10-11(16)14-6-8-15(9-7-14)12(2,3)19-18/h17-18H,5-10H2,1-4H3. The Kier molecular flexibility index (Phi) is 6.04. The smallest absolute Gasteiger partial charge is 0.225 e. The molecule has 6 heteroatoms. The summed E-state index contributed by atoms with van der Waals surface area (Å²) in [5.74, 6) is 0.0582. The number of nitrogens with zero attached hydrogens (tertiary/aromatic N) is 2. The summed E-state index contributed by atoms with van der Waals surface area (Å²) in [7, 11) is 1.53. The lowest BCUT2D eigenvalue weighted by atomic mass is 9.98. The van der Waals surface area contributed by atoms with Crippen molar-refractivity contribution in [3.8, 4) is 0 Å². The summed E-state index contributed by atoms with van der Waals surface area (Å²) in [4.78, 5) is 16.3. The molecule has 4 nitrogen and oxygen atoms in total. The van der Waals surface area contributed by atoms with E-state index in [2.05, 4.69) is 30.4 Å². The van der Waals surface area contributed by atoms with Gasteiger partial charge < -0.3 is 10.0 Å². The predicted octanol–water partition coefficient (Wildman–Crippen LogP) is 2.00. The van der Waals surface area contributed by atoms with Gasteiger partial charge in [-0.25, -0.2) is 0 Å². The van der Waals surface area contributed by atoms with Crippen LogP contribution in [0.5, 0.6) is 0 Å². The molecule has 19 heavy (non-hydrogen) atoms. The van der Waals surface area contributed by atoms with Gasteiger partial charge in [0.1, 0.15) is 0 Å². The van der Waals surface area contributed by atoms with Crippen molar-refractivity contribution in [3.63, 3.8) is 0 Å². The van der Waals surface area contributed by atoms with E-state index in [4.69, 9.17) is 0 Å². The second-order valence-corrected chi connectivity index (χ2v) is 7.66. The van der Waals surface area contributed by atoms with E-state index >= 15 is 0 Å². The van der Waals surface area contributed by atoms with Crippen molar-refractivity contribution in [1.82, 2.24) is 9.80 Å². The molecule has 1 rings (SSSR count). The highest BCUT2D eigenvalue weighted by molar-refractivity contribution is 8.69. The lowest BCUT2D eigenvalue weighted by molar-refractivity contribution is -0.138. The van der Waals surface area contributed by atoms with Gasteiger partial charge in [-0.3, -0.25) is 9.69 Å². The fourth-order valence-electron chi connectivity index (χ4n) is 2.11. The van der Waals surface area contributed by atoms with Crippen LogP contribution in [0.25, 0.3) is 0 Å². The average Bonchev–Trinajstić information content (AvgIpc) is 2.38. The Bertz CT molecular complexity index is 314. The zero-order valence-electron chi connectivity index (χ0n) is 12.3. The van der Waals surface area contributed by atoms with Crippen molar-refractivity contribution in [3.05, 3.63) is 0 Å². The van der Waals surface area contributed by atoms with Gasteiger partial charge >= 0.3 is 0 Å². The molecule has 0 spiro atoms. The van der Waals surface area contributed by atoms with Gasteiger partial charge in [0.2, 0.25) is 5.91 Å². The maximum atomic E-state index is 12.1. The lowest BCUT2D eigenvalue weighted by Gasteiger charge is -2.43. The van der Waals surface area contributed by atoms with Gasteiger partial charge in [0.15, 0.2) is 0 Å². The van der Waals surface area contributed by atoms with Crippen LogP contribution in [0, 0.1) is 0 Å². The van der Waals surface area contributed by atoms with Crippen LogP contribution in [-0.2, 0) is 4.79 Å². The molecule has 112 valence electrons. The lowest BCUT2D eigenvalue weighted by Crippen LogP contribution is -2.55. The first kappa shape index (κ1) is 17.1. The van der Waals surface area contributed by atoms with E-state index in [1.54, 1.807) is 6.92 Å². The Morgan fingerprint density at radius 2 is 1.79 bits per heavy atom. The molecule has 1 aliphatic heterocycles. The molecule has 0 bridgehead atoms. The van der Waals surface area contributed by atoms with E-state index in [0.717, 1.165) is 26.2 Å². The van der Waals surface area contributed by atoms with Gasteiger partial charge in [0.05, 0.1) is 16.9 Å². The summed E-state index contributed by atoms with van der Waals surface area (Å²) in [6.45, 7) is 11.1. The second-order valence-electron chi connectivity index (χ2n) is 5.93. The summed E-state index contributed by atoms with van der Waals surface area (Å²) in [6.07, 6.45) is 0.816. The molecule has 0 saturated carbocycles. The largest absolute Gasteiger partial charge is 0.390 e. The second kappa shape index (κ2) is 6.70. The fourth-order valence-corrected chi connectivity index (χ4v) is 2.76. The number of amides is 1. The summed E-state index contributed by atoms with van der Waals surface area (Å²) >= 11 is 4.30. The number of carbonyl (C=O) groups excluding carboxylic acids is 1. The number of rotatable bonds is 5. The first-order valence-corrected chi connectivity index (χ1v) is 8.66. The van der Waals surface area contributed by atoms with Crippen LogP contribution >= 0.6 is 22.5 Å². The van der Waals surface area contributed by atoms with Crippen molar-refractivity contribution in [2.75, 3.05) is 26.2 Å². The van der Waals surface area contributed by atoms with Crippen LogP contribution in [0.1, 0.15) is 40.5 Å². The minimum absolute atomic E-state index is 0.00679. The maximum Gasteiger partial charge on any atom is 0.225 e. The number of aliphatic hydroxyl groups is 1. The van der Waals surface area contributed by atoms with E-state index in [9.17, 15) is 9.90 Å². The Labute approximate surface area is 125 Å². The Hall–Kier alpha value is 0.0900. The van der Waals surface area contributed by atoms with Crippen LogP contribution in [0.4, 0.5) is 0 Å². The summed E-state index contributed by atoms with van der Waals surface area (Å²) in [5.41, 5.74) is -0.881. The average molecular weight is 306 g/mol. The number of hydrogen-bond acceptors (Lipinski definition) is 5. The normalized spacial score (nSPS) is 21.3. The molecule has 0 aromatic carbocycles. The Morgan fingerprint density at radius 3 is 2.21 bits per heavy atom. The number of carbonyl (C=O) groups is 1. The molecular formula is C13H26N2O2S2. The zero-order chi connectivity index (χ0) is 14.7. The van der Waals surface area contributed by atoms with E-state index < -0.39 is 5.60 Å². The quantitative estimate of drug-likeness (QED) is 0.602. The zero-order valence-corrected chi connectivity index (χ0v) is 14.1. The Morgan fingerprint density at radius 1 is 1.26 bits per heavy atom. The molecular weight excluding hydrogens is 280 g/mol. The number of piperazine rings is 1. The van der Waals surface area contributed by atoms with E-state index in [1.807, 2.05) is 11.8 Å². The van der Waals surface area contributed by atoms with Gasteiger partial charge in [0.25, 0.3) is 0 Å². The molecule has 1 fully saturated rings. The summed E-state index contributed by atoms with van der Waals surface area (Å²) in [5, 5.41) is 9.97. The minimum Gasteiger partial charge on any atom is -0.390 e. The summed E-state index contributed by atoms with van der Waals surface area (Å²) < 4.78 is 0. The third-order valence-electron chi connectivity index (χ3n) is 3.91. The highest BCUT2D eigenvalue weighted by Gasteiger charge is 2.32. The van der Waals surface area contributed by atoms with Crippen LogP contribution in [0.3, 0.4) is 0 Å². The molecule has 1 heterocycles. The van der Waals surface area contributed by atoms with Gasteiger partial charge in [-0.05, 0) is 27.2 Å². The molecule has 0 aliphatic carbocycles. The highest BCUT2D eigenvalue weighted by Crippen LogP contribution is 2.32. The predicted molar refractivity (Wildman–Crippen MR) is 84.3 cm³/mol. The van der Waals surface area contributed by atoms with Crippen molar-refractivity contribution in [2.24, 2.45) is 0 Å². The molecule has 1 atom stereocenters. The van der Waals surface area contributed by atoms with Crippen molar-refractivity contribution in [1.29, 1.82) is 0 Å². The van der Waals surface area contributed by atoms with Gasteiger partial charge in [0, 0.05) is 26.2 Å². The minimum atomic E-state index is -0.881. The fraction of sp³-hybridized carbons (Fsp3) is 0.923. The molecule has 1 amide bonds. The van der Waals surface area contributed by atoms with Crippen LogP contribution < -0.4 is 0 Å². The molecule has 0 aromatic rings. The molecule has 1 N–H and O–H groups in total. The van der Waals surface area contributed by atoms with Gasteiger partial charge in [-0.2, -0.15) is 0 Å². The third kappa shape index (κ3) is 4.85. The maximum absolute atomic E-state index is 12.1. The van der Waals surface area contributed by atoms with Gasteiger partial charge in [-0.15, -0.1) is 11.7 Å². The SMILES string of the molecule is CCC(C)(O)CC(=O)N1CCN(C(C)(C)SS)CC1. The van der Waals surface area contributed by atoms with Crippen molar-refractivity contribution in [2.45, 2.75) is 51.0 Å². The number of thiol groups is 1. The van der Waals surface area contributed by atoms with Crippen molar-refractivity contribution < 1.29 is 9.90 Å². The Balaban J connectivity index is 2.48. The summed E-state index contributed by atoms with van der Waals surface area (Å²) in [6, 6.07) is 0. The first-order chi connectivity index (χ1) is 8.72. The molecule has 1 aliphatic rings. The van der Waals surface area contributed by atoms with E-state index in [1.165, 1.54) is 10.8 Å². The third-order valence-corrected chi connectivity index (χ3v) is 5.96. The van der Waals surface area contributed by atoms with Crippen molar-refractivity contribution >= 4 is 28.4 Å². The van der Waals surface area contributed by atoms with Gasteiger partial charge in [-0.1, -0.05) is 17.7 Å². The van der Waals surface area contributed by atoms with E-state index in [-0.39, 0.29) is 17.2 Å². The molecule has 0 aromatic heterocycles.